The van der Waals surface area contributed by atoms with Gasteiger partial charge < -0.3 is 19.5 Å². The van der Waals surface area contributed by atoms with Crippen LogP contribution in [0.2, 0.25) is 0 Å². The Labute approximate surface area is 195 Å². The second-order valence-corrected chi connectivity index (χ2v) is 10.3. The molecule has 1 spiro atoms. The third-order valence-corrected chi connectivity index (χ3v) is 8.67. The zero-order valence-corrected chi connectivity index (χ0v) is 19.6. The number of aliphatic hydroxyl groups is 1. The predicted octanol–water partition coefficient (Wildman–Crippen LogP) is 2.81. The van der Waals surface area contributed by atoms with Crippen LogP contribution in [0.3, 0.4) is 0 Å². The van der Waals surface area contributed by atoms with Crippen molar-refractivity contribution in [2.45, 2.75) is 51.2 Å². The highest BCUT2D eigenvalue weighted by Gasteiger charge is 2.58. The van der Waals surface area contributed by atoms with E-state index in [2.05, 4.69) is 29.1 Å². The lowest BCUT2D eigenvalue weighted by molar-refractivity contribution is -0.167. The lowest BCUT2D eigenvalue weighted by Gasteiger charge is -2.58. The molecule has 0 bridgehead atoms. The third kappa shape index (κ3) is 3.48. The van der Waals surface area contributed by atoms with Crippen LogP contribution < -0.4 is 0 Å². The average Bonchev–Trinajstić information content (AvgIpc) is 3.38. The monoisotopic (exact) mass is 450 g/mol. The van der Waals surface area contributed by atoms with Crippen molar-refractivity contribution in [1.29, 1.82) is 0 Å². The SMILES string of the molecule is C=C/C=C\C1=C(C)C(C2CC3(CCN(C(=O)C4CCN(C)C(=O)C4)CC3)C2O)n2cncc21. The molecule has 0 radical (unpaired) electrons. The van der Waals surface area contributed by atoms with E-state index in [9.17, 15) is 14.7 Å². The molecular weight excluding hydrogens is 416 g/mol. The number of imidazole rings is 1. The van der Waals surface area contributed by atoms with E-state index in [1.165, 1.54) is 11.1 Å². The maximum absolute atomic E-state index is 13.0. The molecule has 3 fully saturated rings. The van der Waals surface area contributed by atoms with Crippen LogP contribution in [0.4, 0.5) is 0 Å². The molecule has 3 aliphatic heterocycles. The molecule has 0 aromatic carbocycles. The molecule has 1 aromatic heterocycles. The van der Waals surface area contributed by atoms with Gasteiger partial charge in [0, 0.05) is 55.9 Å². The highest BCUT2D eigenvalue weighted by Crippen LogP contribution is 2.59. The Kier molecular flexibility index (Phi) is 5.55. The molecule has 176 valence electrons. The van der Waals surface area contributed by atoms with Crippen molar-refractivity contribution in [3.8, 4) is 0 Å². The van der Waals surface area contributed by atoms with Crippen molar-refractivity contribution >= 4 is 17.4 Å². The Morgan fingerprint density at radius 1 is 1.30 bits per heavy atom. The molecule has 4 aliphatic rings. The number of aliphatic hydroxyl groups excluding tert-OH is 1. The summed E-state index contributed by atoms with van der Waals surface area (Å²) in [6.45, 7) is 7.93. The molecule has 2 saturated heterocycles. The smallest absolute Gasteiger partial charge is 0.226 e. The Balaban J connectivity index is 1.24. The fourth-order valence-corrected chi connectivity index (χ4v) is 6.58. The van der Waals surface area contributed by atoms with Gasteiger partial charge in [-0.1, -0.05) is 24.8 Å². The zero-order chi connectivity index (χ0) is 23.3. The molecule has 1 N–H and O–H groups in total. The number of carbonyl (C=O) groups excluding carboxylic acids is 2. The Bertz CT molecular complexity index is 1030. The Hall–Kier alpha value is -2.67. The summed E-state index contributed by atoms with van der Waals surface area (Å²) in [7, 11) is 1.80. The van der Waals surface area contributed by atoms with Gasteiger partial charge in [-0.15, -0.1) is 0 Å². The molecule has 4 heterocycles. The number of piperidine rings is 2. The number of amides is 2. The van der Waals surface area contributed by atoms with Crippen molar-refractivity contribution in [1.82, 2.24) is 19.4 Å². The summed E-state index contributed by atoms with van der Waals surface area (Å²) in [5.74, 6) is 0.149. The van der Waals surface area contributed by atoms with Crippen LogP contribution in [0.5, 0.6) is 0 Å². The minimum Gasteiger partial charge on any atom is -0.392 e. The van der Waals surface area contributed by atoms with Crippen LogP contribution in [0, 0.1) is 17.3 Å². The summed E-state index contributed by atoms with van der Waals surface area (Å²) in [4.78, 5) is 33.0. The molecule has 7 nitrogen and oxygen atoms in total. The second-order valence-electron chi connectivity index (χ2n) is 10.3. The normalized spacial score (nSPS) is 31.3. The van der Waals surface area contributed by atoms with Crippen LogP contribution in [0.15, 0.2) is 42.9 Å². The number of carbonyl (C=O) groups is 2. The summed E-state index contributed by atoms with van der Waals surface area (Å²) in [6.07, 6.45) is 12.9. The van der Waals surface area contributed by atoms with E-state index in [0.29, 0.717) is 26.1 Å². The molecule has 4 unspecified atom stereocenters. The molecule has 1 aliphatic carbocycles. The van der Waals surface area contributed by atoms with Crippen molar-refractivity contribution in [2.75, 3.05) is 26.7 Å². The lowest BCUT2D eigenvalue weighted by Crippen LogP contribution is -2.60. The third-order valence-electron chi connectivity index (χ3n) is 8.67. The first-order valence-electron chi connectivity index (χ1n) is 12.1. The van der Waals surface area contributed by atoms with Crippen molar-refractivity contribution in [3.63, 3.8) is 0 Å². The van der Waals surface area contributed by atoms with Crippen LogP contribution >= 0.6 is 0 Å². The first-order chi connectivity index (χ1) is 15.9. The van der Waals surface area contributed by atoms with Gasteiger partial charge in [0.05, 0.1) is 30.4 Å². The van der Waals surface area contributed by atoms with E-state index >= 15 is 0 Å². The minimum atomic E-state index is -0.391. The van der Waals surface area contributed by atoms with Gasteiger partial charge in [0.25, 0.3) is 0 Å². The first-order valence-corrected chi connectivity index (χ1v) is 12.1. The van der Waals surface area contributed by atoms with E-state index in [1.807, 2.05) is 23.5 Å². The molecule has 2 amide bonds. The van der Waals surface area contributed by atoms with Gasteiger partial charge in [0.1, 0.15) is 0 Å². The van der Waals surface area contributed by atoms with Gasteiger partial charge in [-0.25, -0.2) is 4.98 Å². The minimum absolute atomic E-state index is 0.0616. The van der Waals surface area contributed by atoms with E-state index in [0.717, 1.165) is 31.4 Å². The number of allylic oxidation sites excluding steroid dienone is 5. The molecule has 1 saturated carbocycles. The number of fused-ring (bicyclic) bond motifs is 1. The van der Waals surface area contributed by atoms with E-state index in [-0.39, 0.29) is 35.1 Å². The van der Waals surface area contributed by atoms with Crippen LogP contribution in [-0.2, 0) is 9.59 Å². The lowest BCUT2D eigenvalue weighted by atomic mass is 9.53. The van der Waals surface area contributed by atoms with Crippen molar-refractivity contribution in [3.05, 3.63) is 48.6 Å². The number of likely N-dealkylation sites (tertiary alicyclic amines) is 2. The molecule has 5 rings (SSSR count). The fraction of sp³-hybridized carbons (Fsp3) is 0.577. The highest BCUT2D eigenvalue weighted by molar-refractivity contribution is 5.87. The van der Waals surface area contributed by atoms with Gasteiger partial charge in [-0.2, -0.15) is 0 Å². The van der Waals surface area contributed by atoms with Gasteiger partial charge >= 0.3 is 0 Å². The standard InChI is InChI=1S/C26H34N4O3/c1-4-5-6-19-17(2)23(30-16-27-15-21(19)30)20-14-26(24(20)32)8-11-29(12-9-26)25(33)18-7-10-28(3)22(31)13-18/h4-6,15-16,18,20,23-24,32H,1,7-14H2,2-3H3/b6-5-. The van der Waals surface area contributed by atoms with Crippen LogP contribution in [-0.4, -0.2) is 69.1 Å². The maximum atomic E-state index is 13.0. The highest BCUT2D eigenvalue weighted by atomic mass is 16.3. The van der Waals surface area contributed by atoms with Crippen LogP contribution in [0.25, 0.3) is 5.57 Å². The van der Waals surface area contributed by atoms with Crippen molar-refractivity contribution < 1.29 is 14.7 Å². The zero-order valence-electron chi connectivity index (χ0n) is 19.6. The summed E-state index contributed by atoms with van der Waals surface area (Å²) in [6, 6.07) is 0.123. The van der Waals surface area contributed by atoms with Gasteiger partial charge in [0.2, 0.25) is 11.8 Å². The summed E-state index contributed by atoms with van der Waals surface area (Å²) in [5, 5.41) is 11.4. The predicted molar refractivity (Wildman–Crippen MR) is 126 cm³/mol. The van der Waals surface area contributed by atoms with Crippen LogP contribution in [0.1, 0.15) is 50.8 Å². The Morgan fingerprint density at radius 3 is 2.73 bits per heavy atom. The number of hydrogen-bond donors (Lipinski definition) is 1. The van der Waals surface area contributed by atoms with Gasteiger partial charge in [0.15, 0.2) is 0 Å². The topological polar surface area (TPSA) is 78.7 Å². The summed E-state index contributed by atoms with van der Waals surface area (Å²) < 4.78 is 2.20. The van der Waals surface area contributed by atoms with Crippen molar-refractivity contribution in [2.24, 2.45) is 17.3 Å². The largest absolute Gasteiger partial charge is 0.392 e. The first kappa shape index (κ1) is 22.1. The fourth-order valence-electron chi connectivity index (χ4n) is 6.58. The second kappa shape index (κ2) is 8.28. The number of aromatic nitrogens is 2. The average molecular weight is 451 g/mol. The van der Waals surface area contributed by atoms with Gasteiger partial charge in [-0.3, -0.25) is 9.59 Å². The summed E-state index contributed by atoms with van der Waals surface area (Å²) in [5.41, 5.74) is 3.42. The molecule has 4 atom stereocenters. The maximum Gasteiger partial charge on any atom is 0.226 e. The quantitative estimate of drug-likeness (QED) is 0.716. The molecule has 33 heavy (non-hydrogen) atoms. The van der Waals surface area contributed by atoms with E-state index < -0.39 is 6.10 Å². The number of rotatable bonds is 4. The number of nitrogens with zero attached hydrogens (tertiary/aromatic N) is 4. The van der Waals surface area contributed by atoms with E-state index in [1.54, 1.807) is 18.0 Å². The molecule has 7 heteroatoms. The molecule has 1 aromatic rings. The van der Waals surface area contributed by atoms with E-state index in [4.69, 9.17) is 0 Å². The number of hydrogen-bond acceptors (Lipinski definition) is 4. The summed E-state index contributed by atoms with van der Waals surface area (Å²) >= 11 is 0. The molecular formula is C26H34N4O3. The van der Waals surface area contributed by atoms with Gasteiger partial charge in [-0.05, 0) is 38.2 Å². The Morgan fingerprint density at radius 2 is 2.06 bits per heavy atom.